The summed E-state index contributed by atoms with van der Waals surface area (Å²) in [5.41, 5.74) is 10.7. The second-order valence-corrected chi connectivity index (χ2v) is 10.4. The molecule has 5 rings (SSSR count). The minimum absolute atomic E-state index is 0.327. The number of aryl methyl sites for hydroxylation is 1. The van der Waals surface area contributed by atoms with Gasteiger partial charge in [-0.25, -0.2) is 9.97 Å². The zero-order valence-electron chi connectivity index (χ0n) is 18.5. The number of rotatable bonds is 6. The highest BCUT2D eigenvalue weighted by Gasteiger charge is 2.28. The number of benzene rings is 1. The normalized spacial score (nSPS) is 12.3. The maximum Gasteiger partial charge on any atom is 0.232 e. The predicted molar refractivity (Wildman–Crippen MR) is 135 cm³/mol. The van der Waals surface area contributed by atoms with Gasteiger partial charge >= 0.3 is 0 Å². The molecule has 0 amide bonds. The largest absolute Gasteiger partial charge is 0.611 e. The van der Waals surface area contributed by atoms with Crippen molar-refractivity contribution in [2.45, 2.75) is 4.21 Å². The SMILES string of the molecule is COCC[S@@+]([O-])c1sc2nc(-c3cnc4nn(C)cc4c3)c(C#N)c(-c3ccccc3)c2c1N. The maximum atomic E-state index is 12.9. The van der Waals surface area contributed by atoms with E-state index in [1.165, 1.54) is 11.3 Å². The molecule has 0 fully saturated rings. The van der Waals surface area contributed by atoms with Crippen LogP contribution in [0.25, 0.3) is 43.6 Å². The van der Waals surface area contributed by atoms with Crippen molar-refractivity contribution in [2.24, 2.45) is 7.05 Å². The van der Waals surface area contributed by atoms with E-state index in [0.29, 0.717) is 60.5 Å². The van der Waals surface area contributed by atoms with E-state index >= 15 is 0 Å². The highest BCUT2D eigenvalue weighted by atomic mass is 32.2. The van der Waals surface area contributed by atoms with Crippen molar-refractivity contribution in [3.8, 4) is 28.5 Å². The molecule has 0 spiro atoms. The first-order valence-electron chi connectivity index (χ1n) is 10.4. The minimum Gasteiger partial charge on any atom is -0.611 e. The number of thiophene rings is 1. The summed E-state index contributed by atoms with van der Waals surface area (Å²) in [6.45, 7) is 0.352. The van der Waals surface area contributed by atoms with Crippen LogP contribution in [0.2, 0.25) is 0 Å². The summed E-state index contributed by atoms with van der Waals surface area (Å²) in [7, 11) is 3.40. The van der Waals surface area contributed by atoms with Crippen LogP contribution in [0.4, 0.5) is 5.69 Å². The van der Waals surface area contributed by atoms with Crippen LogP contribution in [0.3, 0.4) is 0 Å². The average molecular weight is 489 g/mol. The molecule has 0 saturated heterocycles. The van der Waals surface area contributed by atoms with Gasteiger partial charge in [0.2, 0.25) is 4.21 Å². The van der Waals surface area contributed by atoms with Crippen molar-refractivity contribution in [3.63, 3.8) is 0 Å². The molecule has 5 aromatic rings. The highest BCUT2D eigenvalue weighted by molar-refractivity contribution is 7.93. The molecular formula is C24H20N6O2S2. The van der Waals surface area contributed by atoms with E-state index in [1.807, 2.05) is 49.6 Å². The number of nitriles is 1. The van der Waals surface area contributed by atoms with Crippen LogP contribution in [0, 0.1) is 11.3 Å². The fourth-order valence-corrected chi connectivity index (χ4v) is 6.47. The quantitative estimate of drug-likeness (QED) is 0.356. The number of aromatic nitrogens is 4. The lowest BCUT2D eigenvalue weighted by atomic mass is 9.94. The topological polar surface area (TPSA) is 126 Å². The second kappa shape index (κ2) is 9.04. The lowest BCUT2D eigenvalue weighted by molar-refractivity contribution is 0.217. The summed E-state index contributed by atoms with van der Waals surface area (Å²) in [6.07, 6.45) is 3.54. The van der Waals surface area contributed by atoms with E-state index in [4.69, 9.17) is 15.5 Å². The van der Waals surface area contributed by atoms with Gasteiger partial charge in [-0.05, 0) is 11.6 Å². The van der Waals surface area contributed by atoms with Crippen molar-refractivity contribution in [1.82, 2.24) is 19.7 Å². The molecule has 2 N–H and O–H groups in total. The zero-order valence-corrected chi connectivity index (χ0v) is 20.1. The summed E-state index contributed by atoms with van der Waals surface area (Å²) >= 11 is -0.0565. The molecule has 1 atom stereocenters. The van der Waals surface area contributed by atoms with Crippen LogP contribution in [-0.4, -0.2) is 43.8 Å². The fourth-order valence-electron chi connectivity index (χ4n) is 3.93. The molecule has 0 aliphatic rings. The third-order valence-corrected chi connectivity index (χ3v) is 8.32. The van der Waals surface area contributed by atoms with Crippen molar-refractivity contribution in [1.29, 1.82) is 5.26 Å². The molecule has 4 aromatic heterocycles. The van der Waals surface area contributed by atoms with Gasteiger partial charge < -0.3 is 15.0 Å². The monoisotopic (exact) mass is 488 g/mol. The van der Waals surface area contributed by atoms with E-state index in [1.54, 1.807) is 18.0 Å². The number of methoxy groups -OCH3 is 1. The summed E-state index contributed by atoms with van der Waals surface area (Å²) < 4.78 is 20.3. The third kappa shape index (κ3) is 3.78. The molecule has 0 aliphatic carbocycles. The smallest absolute Gasteiger partial charge is 0.232 e. The number of ether oxygens (including phenoxy) is 1. The summed E-state index contributed by atoms with van der Waals surface area (Å²) in [6, 6.07) is 13.9. The Morgan fingerprint density at radius 2 is 2.06 bits per heavy atom. The molecule has 170 valence electrons. The molecule has 0 saturated carbocycles. The maximum absolute atomic E-state index is 12.9. The first kappa shape index (κ1) is 22.3. The molecule has 0 unspecified atom stereocenters. The Morgan fingerprint density at radius 1 is 1.26 bits per heavy atom. The van der Waals surface area contributed by atoms with Crippen LogP contribution in [-0.2, 0) is 23.0 Å². The van der Waals surface area contributed by atoms with Gasteiger partial charge in [-0.3, -0.25) is 4.68 Å². The van der Waals surface area contributed by atoms with Gasteiger partial charge in [-0.15, -0.1) is 0 Å². The minimum atomic E-state index is -1.35. The van der Waals surface area contributed by atoms with Gasteiger partial charge in [0, 0.05) is 59.6 Å². The van der Waals surface area contributed by atoms with Gasteiger partial charge in [0.1, 0.15) is 22.3 Å². The average Bonchev–Trinajstić information content (AvgIpc) is 3.39. The van der Waals surface area contributed by atoms with E-state index in [9.17, 15) is 9.81 Å². The lowest BCUT2D eigenvalue weighted by Gasteiger charge is -2.12. The Balaban J connectivity index is 1.82. The zero-order chi connectivity index (χ0) is 23.8. The molecule has 10 heteroatoms. The van der Waals surface area contributed by atoms with Gasteiger partial charge in [0.15, 0.2) is 5.65 Å². The van der Waals surface area contributed by atoms with E-state index in [-0.39, 0.29) is 0 Å². The van der Waals surface area contributed by atoms with Crippen molar-refractivity contribution < 1.29 is 9.29 Å². The molecule has 34 heavy (non-hydrogen) atoms. The second-order valence-electron chi connectivity index (χ2n) is 7.65. The summed E-state index contributed by atoms with van der Waals surface area (Å²) in [5, 5.41) is 16.1. The number of pyridine rings is 2. The number of anilines is 1. The van der Waals surface area contributed by atoms with Crippen LogP contribution in [0.1, 0.15) is 5.56 Å². The number of hydrogen-bond donors (Lipinski definition) is 1. The van der Waals surface area contributed by atoms with Gasteiger partial charge in [0.05, 0.1) is 17.9 Å². The first-order valence-corrected chi connectivity index (χ1v) is 12.5. The molecule has 1 aromatic carbocycles. The van der Waals surface area contributed by atoms with Crippen LogP contribution in [0.5, 0.6) is 0 Å². The van der Waals surface area contributed by atoms with E-state index in [2.05, 4.69) is 16.2 Å². The van der Waals surface area contributed by atoms with Gasteiger partial charge in [0.25, 0.3) is 0 Å². The molecular weight excluding hydrogens is 468 g/mol. The summed E-state index contributed by atoms with van der Waals surface area (Å²) in [5.74, 6) is 0.327. The third-order valence-electron chi connectivity index (χ3n) is 5.44. The van der Waals surface area contributed by atoms with Gasteiger partial charge in [-0.1, -0.05) is 41.7 Å². The predicted octanol–water partition coefficient (Wildman–Crippen LogP) is 4.12. The molecule has 0 bridgehead atoms. The van der Waals surface area contributed by atoms with E-state index in [0.717, 1.165) is 10.9 Å². The Kier molecular flexibility index (Phi) is 5.93. The number of nitrogens with zero attached hydrogens (tertiary/aromatic N) is 5. The Hall–Kier alpha value is -3.49. The van der Waals surface area contributed by atoms with Crippen molar-refractivity contribution in [3.05, 3.63) is 54.4 Å². The fraction of sp³-hybridized carbons (Fsp3) is 0.167. The van der Waals surface area contributed by atoms with E-state index < -0.39 is 11.2 Å². The van der Waals surface area contributed by atoms with Crippen LogP contribution < -0.4 is 5.73 Å². The van der Waals surface area contributed by atoms with Gasteiger partial charge in [-0.2, -0.15) is 10.4 Å². The van der Waals surface area contributed by atoms with Crippen molar-refractivity contribution in [2.75, 3.05) is 25.2 Å². The number of nitrogen functional groups attached to an aromatic ring is 1. The Labute approximate surface area is 202 Å². The molecule has 8 nitrogen and oxygen atoms in total. The molecule has 0 aliphatic heterocycles. The summed E-state index contributed by atoms with van der Waals surface area (Å²) in [4.78, 5) is 9.92. The number of fused-ring (bicyclic) bond motifs is 2. The molecule has 0 radical (unpaired) electrons. The Bertz CT molecular complexity index is 1560. The van der Waals surface area contributed by atoms with Crippen molar-refractivity contribution >= 4 is 49.5 Å². The Morgan fingerprint density at radius 3 is 2.79 bits per heavy atom. The van der Waals surface area contributed by atoms with Crippen LogP contribution in [0.15, 0.2) is 53.0 Å². The molecule has 4 heterocycles. The number of nitrogens with two attached hydrogens (primary N) is 1. The number of hydrogen-bond acceptors (Lipinski definition) is 8. The standard InChI is InChI=1S/C24H20N6O2S2/c1-30-13-16-10-15(12-27-22(16)29-30)21-17(11-25)18(14-6-4-3-5-7-14)19-20(26)24(33-23(19)28-21)34(31)9-8-32-2/h3-7,10,12-13H,8-9,26H2,1-2H3/t34-/m1/s1. The van der Waals surface area contributed by atoms with Crippen LogP contribution >= 0.6 is 11.3 Å². The highest BCUT2D eigenvalue weighted by Crippen LogP contribution is 2.45. The lowest BCUT2D eigenvalue weighted by Crippen LogP contribution is -2.11. The first-order chi connectivity index (χ1) is 16.5.